The van der Waals surface area contributed by atoms with Gasteiger partial charge in [0.1, 0.15) is 11.5 Å². The lowest BCUT2D eigenvalue weighted by molar-refractivity contribution is -0.120. The quantitative estimate of drug-likeness (QED) is 0.860. The Balaban J connectivity index is 1.62. The topological polar surface area (TPSA) is 75.6 Å². The van der Waals surface area contributed by atoms with Gasteiger partial charge in [0.15, 0.2) is 0 Å². The number of anilines is 1. The lowest BCUT2D eigenvalue weighted by Crippen LogP contribution is -2.18. The molecule has 0 saturated heterocycles. The van der Waals surface area contributed by atoms with Crippen molar-refractivity contribution in [2.75, 3.05) is 18.5 Å². The second kappa shape index (κ2) is 5.83. The molecular weight excluding hydrogens is 290 g/mol. The molecule has 2 N–H and O–H groups in total. The average Bonchev–Trinajstić information content (AvgIpc) is 3.15. The molecule has 21 heavy (non-hydrogen) atoms. The number of hydrogen-bond donors (Lipinski definition) is 2. The van der Waals surface area contributed by atoms with E-state index in [1.54, 1.807) is 18.2 Å². The summed E-state index contributed by atoms with van der Waals surface area (Å²) in [6.07, 6.45) is 2.39. The molecule has 6 heteroatoms. The molecule has 1 aliphatic carbocycles. The number of amides is 1. The van der Waals surface area contributed by atoms with Gasteiger partial charge in [0, 0.05) is 10.4 Å². The van der Waals surface area contributed by atoms with Crippen molar-refractivity contribution < 1.29 is 19.4 Å². The first-order valence-electron chi connectivity index (χ1n) is 6.76. The molecule has 0 aliphatic heterocycles. The highest BCUT2D eigenvalue weighted by molar-refractivity contribution is 7.20. The second-order valence-corrected chi connectivity index (χ2v) is 6.26. The number of carbonyl (C=O) groups excluding carboxylic acids is 1. The van der Waals surface area contributed by atoms with Crippen molar-refractivity contribution in [1.29, 1.82) is 0 Å². The van der Waals surface area contributed by atoms with Crippen LogP contribution < -0.4 is 5.32 Å². The summed E-state index contributed by atoms with van der Waals surface area (Å²) in [7, 11) is 0. The molecule has 2 aromatic rings. The Morgan fingerprint density at radius 2 is 2.14 bits per heavy atom. The SMILES string of the molecule is O=C(COCC1CC1)Nc1ccc2sc(C(=O)O)cc2c1. The van der Waals surface area contributed by atoms with E-state index in [0.717, 1.165) is 10.1 Å². The van der Waals surface area contributed by atoms with E-state index in [2.05, 4.69) is 5.32 Å². The van der Waals surface area contributed by atoms with E-state index in [4.69, 9.17) is 9.84 Å². The summed E-state index contributed by atoms with van der Waals surface area (Å²) in [5.41, 5.74) is 0.650. The van der Waals surface area contributed by atoms with E-state index in [1.807, 2.05) is 6.07 Å². The molecule has 5 nitrogen and oxygen atoms in total. The summed E-state index contributed by atoms with van der Waals surface area (Å²) < 4.78 is 6.21. The molecule has 1 saturated carbocycles. The van der Waals surface area contributed by atoms with Crippen molar-refractivity contribution in [3.63, 3.8) is 0 Å². The highest BCUT2D eigenvalue weighted by Crippen LogP contribution is 2.29. The maximum atomic E-state index is 11.7. The molecule has 1 aromatic carbocycles. The molecule has 0 bridgehead atoms. The first-order valence-corrected chi connectivity index (χ1v) is 7.58. The van der Waals surface area contributed by atoms with Gasteiger partial charge in [0.05, 0.1) is 6.61 Å². The van der Waals surface area contributed by atoms with E-state index in [9.17, 15) is 9.59 Å². The molecule has 0 atom stereocenters. The molecule has 3 rings (SSSR count). The number of fused-ring (bicyclic) bond motifs is 1. The maximum Gasteiger partial charge on any atom is 0.345 e. The highest BCUT2D eigenvalue weighted by atomic mass is 32.1. The van der Waals surface area contributed by atoms with Crippen molar-refractivity contribution in [2.24, 2.45) is 5.92 Å². The fourth-order valence-corrected chi connectivity index (χ4v) is 2.91. The van der Waals surface area contributed by atoms with Crippen LogP contribution in [0.1, 0.15) is 22.5 Å². The van der Waals surface area contributed by atoms with Crippen LogP contribution in [0.3, 0.4) is 0 Å². The lowest BCUT2D eigenvalue weighted by Gasteiger charge is -2.06. The predicted molar refractivity (Wildman–Crippen MR) is 81.0 cm³/mol. The molecule has 0 spiro atoms. The van der Waals surface area contributed by atoms with Gasteiger partial charge in [-0.3, -0.25) is 4.79 Å². The van der Waals surface area contributed by atoms with E-state index < -0.39 is 5.97 Å². The van der Waals surface area contributed by atoms with Gasteiger partial charge in [0.25, 0.3) is 0 Å². The number of rotatable bonds is 6. The number of ether oxygens (including phenoxy) is 1. The Bertz CT molecular complexity index is 690. The smallest absolute Gasteiger partial charge is 0.345 e. The molecule has 110 valence electrons. The number of carbonyl (C=O) groups is 2. The summed E-state index contributed by atoms with van der Waals surface area (Å²) in [4.78, 5) is 23.0. The van der Waals surface area contributed by atoms with Crippen molar-refractivity contribution in [3.05, 3.63) is 29.1 Å². The molecule has 1 fully saturated rings. The van der Waals surface area contributed by atoms with Crippen molar-refractivity contribution in [3.8, 4) is 0 Å². The Morgan fingerprint density at radius 1 is 1.33 bits per heavy atom. The summed E-state index contributed by atoms with van der Waals surface area (Å²) in [5.74, 6) is -0.492. The van der Waals surface area contributed by atoms with Gasteiger partial charge in [0.2, 0.25) is 5.91 Å². The summed E-state index contributed by atoms with van der Waals surface area (Å²) >= 11 is 1.22. The summed E-state index contributed by atoms with van der Waals surface area (Å²) in [6, 6.07) is 6.97. The number of benzene rings is 1. The van der Waals surface area contributed by atoms with E-state index in [0.29, 0.717) is 23.1 Å². The minimum absolute atomic E-state index is 0.0541. The molecule has 1 amide bonds. The van der Waals surface area contributed by atoms with Crippen LogP contribution in [-0.2, 0) is 9.53 Å². The van der Waals surface area contributed by atoms with Gasteiger partial charge in [-0.1, -0.05) is 0 Å². The Hall–Kier alpha value is -1.92. The lowest BCUT2D eigenvalue weighted by atomic mass is 10.2. The number of thiophene rings is 1. The number of hydrogen-bond acceptors (Lipinski definition) is 4. The average molecular weight is 305 g/mol. The monoisotopic (exact) mass is 305 g/mol. The van der Waals surface area contributed by atoms with Crippen LogP contribution in [0.2, 0.25) is 0 Å². The predicted octanol–water partition coefficient (Wildman–Crippen LogP) is 2.96. The molecule has 0 unspecified atom stereocenters. The zero-order chi connectivity index (χ0) is 14.8. The van der Waals surface area contributed by atoms with E-state index in [1.165, 1.54) is 24.2 Å². The zero-order valence-corrected chi connectivity index (χ0v) is 12.1. The van der Waals surface area contributed by atoms with Gasteiger partial charge in [-0.25, -0.2) is 4.79 Å². The standard InChI is InChI=1S/C15H15NO4S/c17-14(8-20-7-9-1-2-9)16-11-3-4-12-10(5-11)6-13(21-12)15(18)19/h3-6,9H,1-2,7-8H2,(H,16,17)(H,18,19). The third-order valence-corrected chi connectivity index (χ3v) is 4.40. The number of carboxylic acid groups (broad SMARTS) is 1. The highest BCUT2D eigenvalue weighted by Gasteiger charge is 2.21. The maximum absolute atomic E-state index is 11.7. The first-order chi connectivity index (χ1) is 10.1. The van der Waals surface area contributed by atoms with E-state index in [-0.39, 0.29) is 12.5 Å². The van der Waals surface area contributed by atoms with Crippen LogP contribution >= 0.6 is 11.3 Å². The zero-order valence-electron chi connectivity index (χ0n) is 11.3. The van der Waals surface area contributed by atoms with Crippen LogP contribution in [-0.4, -0.2) is 30.2 Å². The van der Waals surface area contributed by atoms with Crippen molar-refractivity contribution >= 4 is 39.0 Å². The van der Waals surface area contributed by atoms with Gasteiger partial charge < -0.3 is 15.2 Å². The molecule has 1 aromatic heterocycles. The van der Waals surface area contributed by atoms with Crippen LogP contribution in [0.25, 0.3) is 10.1 Å². The third-order valence-electron chi connectivity index (χ3n) is 3.29. The number of carboxylic acids is 1. The fraction of sp³-hybridized carbons (Fsp3) is 0.333. The second-order valence-electron chi connectivity index (χ2n) is 5.18. The van der Waals surface area contributed by atoms with Crippen LogP contribution in [0, 0.1) is 5.92 Å². The minimum atomic E-state index is -0.935. The van der Waals surface area contributed by atoms with Crippen molar-refractivity contribution in [1.82, 2.24) is 0 Å². The number of aromatic carboxylic acids is 1. The van der Waals surface area contributed by atoms with Crippen LogP contribution in [0.5, 0.6) is 0 Å². The Labute approximate surface area is 125 Å². The van der Waals surface area contributed by atoms with Crippen molar-refractivity contribution in [2.45, 2.75) is 12.8 Å². The molecular formula is C15H15NO4S. The minimum Gasteiger partial charge on any atom is -0.477 e. The molecule has 1 aliphatic rings. The fourth-order valence-electron chi connectivity index (χ4n) is 2.03. The van der Waals surface area contributed by atoms with Gasteiger partial charge in [-0.2, -0.15) is 0 Å². The van der Waals surface area contributed by atoms with E-state index >= 15 is 0 Å². The Morgan fingerprint density at radius 3 is 2.86 bits per heavy atom. The largest absolute Gasteiger partial charge is 0.477 e. The van der Waals surface area contributed by atoms with Gasteiger partial charge >= 0.3 is 5.97 Å². The Kier molecular flexibility index (Phi) is 3.90. The summed E-state index contributed by atoms with van der Waals surface area (Å²) in [6.45, 7) is 0.706. The third kappa shape index (κ3) is 3.59. The first kappa shape index (κ1) is 14.0. The van der Waals surface area contributed by atoms with Crippen LogP contribution in [0.4, 0.5) is 5.69 Å². The summed E-state index contributed by atoms with van der Waals surface area (Å²) in [5, 5.41) is 12.5. The molecule has 0 radical (unpaired) electrons. The molecule has 1 heterocycles. The van der Waals surface area contributed by atoms with Crippen LogP contribution in [0.15, 0.2) is 24.3 Å². The van der Waals surface area contributed by atoms with Gasteiger partial charge in [-0.05, 0) is 48.4 Å². The number of nitrogens with one attached hydrogen (secondary N) is 1. The van der Waals surface area contributed by atoms with Gasteiger partial charge in [-0.15, -0.1) is 11.3 Å². The normalized spacial score (nSPS) is 14.3.